The zero-order valence-corrected chi connectivity index (χ0v) is 18.4. The molecule has 7 heteroatoms. The fourth-order valence-electron chi connectivity index (χ4n) is 2.98. The third-order valence-corrected chi connectivity index (χ3v) is 6.92. The molecular formula is C23H23ClN2O3S. The Bertz CT molecular complexity index is 1130. The van der Waals surface area contributed by atoms with Gasteiger partial charge < -0.3 is 5.32 Å². The molecule has 0 fully saturated rings. The summed E-state index contributed by atoms with van der Waals surface area (Å²) in [5.74, 6) is -0.408. The highest BCUT2D eigenvalue weighted by molar-refractivity contribution is 7.92. The molecule has 1 N–H and O–H groups in total. The van der Waals surface area contributed by atoms with Crippen LogP contribution in [0.1, 0.15) is 16.7 Å². The van der Waals surface area contributed by atoms with Gasteiger partial charge in [0.05, 0.1) is 10.6 Å². The van der Waals surface area contributed by atoms with Gasteiger partial charge in [-0.25, -0.2) is 8.42 Å². The summed E-state index contributed by atoms with van der Waals surface area (Å²) in [6, 6.07) is 20.8. The molecular weight excluding hydrogens is 420 g/mol. The Balaban J connectivity index is 1.89. The Morgan fingerprint density at radius 3 is 2.27 bits per heavy atom. The fourth-order valence-corrected chi connectivity index (χ4v) is 4.65. The van der Waals surface area contributed by atoms with Gasteiger partial charge >= 0.3 is 0 Å². The average molecular weight is 443 g/mol. The van der Waals surface area contributed by atoms with Crippen molar-refractivity contribution in [2.45, 2.75) is 25.3 Å². The molecule has 3 aromatic carbocycles. The van der Waals surface area contributed by atoms with E-state index < -0.39 is 15.9 Å². The van der Waals surface area contributed by atoms with E-state index in [-0.39, 0.29) is 11.4 Å². The van der Waals surface area contributed by atoms with Gasteiger partial charge in [0, 0.05) is 11.6 Å². The molecule has 0 atom stereocenters. The molecule has 156 valence electrons. The number of hydrogen-bond donors (Lipinski definition) is 1. The summed E-state index contributed by atoms with van der Waals surface area (Å²) in [5.41, 5.74) is 3.02. The van der Waals surface area contributed by atoms with Crippen molar-refractivity contribution in [3.05, 3.63) is 94.5 Å². The summed E-state index contributed by atoms with van der Waals surface area (Å²) in [5, 5.41) is 3.23. The molecule has 0 saturated heterocycles. The second-order valence-electron chi connectivity index (χ2n) is 6.97. The Labute approximate surface area is 182 Å². The summed E-state index contributed by atoms with van der Waals surface area (Å²) in [7, 11) is -3.96. The minimum Gasteiger partial charge on any atom is -0.350 e. The van der Waals surface area contributed by atoms with Crippen LogP contribution in [0.5, 0.6) is 0 Å². The SMILES string of the molecule is Cc1ccc(CNC(=O)CN(c2cccc(Cl)c2C)S(=O)(=O)c2ccccc2)cc1. The molecule has 3 aromatic rings. The van der Waals surface area contributed by atoms with Crippen LogP contribution in [-0.4, -0.2) is 20.9 Å². The lowest BCUT2D eigenvalue weighted by Gasteiger charge is -2.26. The maximum atomic E-state index is 13.3. The van der Waals surface area contributed by atoms with Crippen LogP contribution in [0.25, 0.3) is 0 Å². The van der Waals surface area contributed by atoms with Crippen LogP contribution in [0.15, 0.2) is 77.7 Å². The quantitative estimate of drug-likeness (QED) is 0.587. The summed E-state index contributed by atoms with van der Waals surface area (Å²) >= 11 is 6.22. The van der Waals surface area contributed by atoms with Crippen LogP contribution in [0.3, 0.4) is 0 Å². The van der Waals surface area contributed by atoms with Gasteiger partial charge in [-0.3, -0.25) is 9.10 Å². The third kappa shape index (κ3) is 5.01. The molecule has 0 saturated carbocycles. The number of amides is 1. The smallest absolute Gasteiger partial charge is 0.264 e. The Morgan fingerprint density at radius 2 is 1.60 bits per heavy atom. The molecule has 0 aliphatic heterocycles. The van der Waals surface area contributed by atoms with E-state index in [1.54, 1.807) is 43.3 Å². The van der Waals surface area contributed by atoms with Crippen LogP contribution in [-0.2, 0) is 21.4 Å². The summed E-state index contributed by atoms with van der Waals surface area (Å²) < 4.78 is 27.8. The minimum absolute atomic E-state index is 0.107. The molecule has 0 bridgehead atoms. The second-order valence-corrected chi connectivity index (χ2v) is 9.24. The number of carbonyl (C=O) groups excluding carboxylic acids is 1. The predicted molar refractivity (Wildman–Crippen MR) is 120 cm³/mol. The van der Waals surface area contributed by atoms with E-state index in [2.05, 4.69) is 5.32 Å². The molecule has 5 nitrogen and oxygen atoms in total. The minimum atomic E-state index is -3.96. The summed E-state index contributed by atoms with van der Waals surface area (Å²) in [4.78, 5) is 12.8. The van der Waals surface area contributed by atoms with Crippen LogP contribution in [0.2, 0.25) is 5.02 Å². The molecule has 0 spiro atoms. The van der Waals surface area contributed by atoms with Gasteiger partial charge in [0.1, 0.15) is 6.54 Å². The zero-order valence-electron chi connectivity index (χ0n) is 16.8. The Hall–Kier alpha value is -2.83. The van der Waals surface area contributed by atoms with Gasteiger partial charge in [0.25, 0.3) is 10.0 Å². The predicted octanol–water partition coefficient (Wildman–Crippen LogP) is 4.47. The number of hydrogen-bond acceptors (Lipinski definition) is 3. The standard InChI is InChI=1S/C23H23ClN2O3S/c1-17-11-13-19(14-12-17)15-25-23(27)16-26(22-10-6-9-21(24)18(22)2)30(28,29)20-7-4-3-5-8-20/h3-14H,15-16H2,1-2H3,(H,25,27). The van der Waals surface area contributed by atoms with Crippen molar-refractivity contribution in [1.29, 1.82) is 0 Å². The Kier molecular flexibility index (Phi) is 6.80. The van der Waals surface area contributed by atoms with E-state index in [1.807, 2.05) is 31.2 Å². The molecule has 30 heavy (non-hydrogen) atoms. The van der Waals surface area contributed by atoms with Crippen molar-refractivity contribution < 1.29 is 13.2 Å². The summed E-state index contributed by atoms with van der Waals surface area (Å²) in [6.45, 7) is 3.68. The van der Waals surface area contributed by atoms with Gasteiger partial charge in [-0.1, -0.05) is 65.7 Å². The molecule has 3 rings (SSSR count). The molecule has 0 aliphatic carbocycles. The van der Waals surface area contributed by atoms with E-state index in [9.17, 15) is 13.2 Å². The maximum absolute atomic E-state index is 13.3. The van der Waals surface area contributed by atoms with E-state index in [0.29, 0.717) is 22.8 Å². The van der Waals surface area contributed by atoms with Crippen LogP contribution in [0.4, 0.5) is 5.69 Å². The van der Waals surface area contributed by atoms with Crippen LogP contribution < -0.4 is 9.62 Å². The lowest BCUT2D eigenvalue weighted by Crippen LogP contribution is -2.41. The lowest BCUT2D eigenvalue weighted by atomic mass is 10.1. The molecule has 0 radical (unpaired) electrons. The highest BCUT2D eigenvalue weighted by Gasteiger charge is 2.28. The first-order valence-corrected chi connectivity index (χ1v) is 11.3. The third-order valence-electron chi connectivity index (χ3n) is 4.74. The van der Waals surface area contributed by atoms with E-state index in [4.69, 9.17) is 11.6 Å². The van der Waals surface area contributed by atoms with Gasteiger partial charge in [0.2, 0.25) is 5.91 Å². The molecule has 0 unspecified atom stereocenters. The highest BCUT2D eigenvalue weighted by atomic mass is 35.5. The monoisotopic (exact) mass is 442 g/mol. The van der Waals surface area contributed by atoms with E-state index in [1.165, 1.54) is 12.1 Å². The number of rotatable bonds is 7. The highest BCUT2D eigenvalue weighted by Crippen LogP contribution is 2.30. The number of aryl methyl sites for hydroxylation is 1. The number of sulfonamides is 1. The number of halogens is 1. The number of nitrogens with zero attached hydrogens (tertiary/aromatic N) is 1. The zero-order chi connectivity index (χ0) is 21.7. The number of carbonyl (C=O) groups is 1. The van der Waals surface area contributed by atoms with E-state index >= 15 is 0 Å². The first-order valence-electron chi connectivity index (χ1n) is 9.44. The maximum Gasteiger partial charge on any atom is 0.264 e. The molecule has 0 heterocycles. The average Bonchev–Trinajstić information content (AvgIpc) is 2.74. The first kappa shape index (κ1) is 21.9. The van der Waals surface area contributed by atoms with Crippen molar-refractivity contribution in [3.8, 4) is 0 Å². The van der Waals surface area contributed by atoms with Crippen LogP contribution in [0, 0.1) is 13.8 Å². The lowest BCUT2D eigenvalue weighted by molar-refractivity contribution is -0.119. The molecule has 1 amide bonds. The van der Waals surface area contributed by atoms with Gasteiger partial charge in [0.15, 0.2) is 0 Å². The number of anilines is 1. The van der Waals surface area contributed by atoms with Gasteiger partial charge in [-0.2, -0.15) is 0 Å². The van der Waals surface area contributed by atoms with Crippen molar-refractivity contribution >= 4 is 33.2 Å². The van der Waals surface area contributed by atoms with E-state index in [0.717, 1.165) is 15.4 Å². The number of nitrogens with one attached hydrogen (secondary N) is 1. The van der Waals surface area contributed by atoms with Crippen LogP contribution >= 0.6 is 11.6 Å². The normalized spacial score (nSPS) is 11.2. The first-order chi connectivity index (χ1) is 14.3. The van der Waals surface area contributed by atoms with Crippen molar-refractivity contribution in [1.82, 2.24) is 5.32 Å². The van der Waals surface area contributed by atoms with Crippen molar-refractivity contribution in [2.24, 2.45) is 0 Å². The Morgan fingerprint density at radius 1 is 0.933 bits per heavy atom. The second kappa shape index (κ2) is 9.32. The summed E-state index contributed by atoms with van der Waals surface area (Å²) in [6.07, 6.45) is 0. The molecule has 0 aliphatic rings. The largest absolute Gasteiger partial charge is 0.350 e. The van der Waals surface area contributed by atoms with Gasteiger partial charge in [-0.15, -0.1) is 0 Å². The topological polar surface area (TPSA) is 66.5 Å². The van der Waals surface area contributed by atoms with Crippen molar-refractivity contribution in [2.75, 3.05) is 10.8 Å². The number of benzene rings is 3. The van der Waals surface area contributed by atoms with Gasteiger partial charge in [-0.05, 0) is 49.2 Å². The fraction of sp³-hybridized carbons (Fsp3) is 0.174. The van der Waals surface area contributed by atoms with Crippen molar-refractivity contribution in [3.63, 3.8) is 0 Å². The molecule has 0 aromatic heterocycles.